The number of nitrogens with one attached hydrogen (secondary N) is 3. The minimum Gasteiger partial charge on any atom is -0.486 e. The molecule has 0 bridgehead atoms. The van der Waals surface area contributed by atoms with Crippen molar-refractivity contribution in [3.63, 3.8) is 0 Å². The van der Waals surface area contributed by atoms with Crippen LogP contribution in [0.1, 0.15) is 21.2 Å². The van der Waals surface area contributed by atoms with E-state index in [4.69, 9.17) is 9.15 Å². The fourth-order valence-corrected chi connectivity index (χ4v) is 3.97. The minimum absolute atomic E-state index is 0.0865. The second kappa shape index (κ2) is 11.2. The quantitative estimate of drug-likeness (QED) is 0.354. The van der Waals surface area contributed by atoms with Gasteiger partial charge in [0, 0.05) is 22.9 Å². The third kappa shape index (κ3) is 7.20. The van der Waals surface area contributed by atoms with E-state index >= 15 is 0 Å². The summed E-state index contributed by atoms with van der Waals surface area (Å²) >= 11 is 3.45. The Morgan fingerprint density at radius 2 is 1.90 bits per heavy atom. The molecule has 3 rings (SSSR count). The standard InChI is InChI=1S/C20H21N3O4S2/c24-19(18-9-8-16(27-18)13-26-15-5-2-1-3-6-15)22-23-20(25)21-10-12-28-14-17-7-4-11-29-17/h1-9,11H,10,12-14H2,(H,22,24)(H2,21,23,25). The van der Waals surface area contributed by atoms with Crippen LogP contribution in [0.4, 0.5) is 4.79 Å². The molecule has 2 aromatic heterocycles. The topological polar surface area (TPSA) is 92.6 Å². The van der Waals surface area contributed by atoms with Gasteiger partial charge in [0.2, 0.25) is 0 Å². The SMILES string of the molecule is O=C(NCCSCc1cccs1)NNC(=O)c1ccc(COc2ccccc2)o1. The summed E-state index contributed by atoms with van der Waals surface area (Å²) in [5.41, 5.74) is 4.61. The number of thioether (sulfide) groups is 1. The van der Waals surface area contributed by atoms with Crippen molar-refractivity contribution in [2.24, 2.45) is 0 Å². The number of carbonyl (C=O) groups excluding carboxylic acids is 2. The Kier molecular flexibility index (Phi) is 8.02. The van der Waals surface area contributed by atoms with Crippen LogP contribution in [0.3, 0.4) is 0 Å². The van der Waals surface area contributed by atoms with Crippen LogP contribution in [-0.2, 0) is 12.4 Å². The number of urea groups is 1. The second-order valence-corrected chi connectivity index (χ2v) is 7.97. The Balaban J connectivity index is 1.30. The van der Waals surface area contributed by atoms with Crippen LogP contribution >= 0.6 is 23.1 Å². The van der Waals surface area contributed by atoms with Crippen molar-refractivity contribution in [2.45, 2.75) is 12.4 Å². The average molecular weight is 432 g/mol. The van der Waals surface area contributed by atoms with Crippen molar-refractivity contribution in [1.82, 2.24) is 16.2 Å². The smallest absolute Gasteiger partial charge is 0.333 e. The third-order valence-electron chi connectivity index (χ3n) is 3.66. The molecule has 0 fully saturated rings. The van der Waals surface area contributed by atoms with E-state index in [1.54, 1.807) is 29.2 Å². The van der Waals surface area contributed by atoms with Crippen LogP contribution in [0, 0.1) is 0 Å². The van der Waals surface area contributed by atoms with Crippen molar-refractivity contribution in [3.05, 3.63) is 76.4 Å². The van der Waals surface area contributed by atoms with E-state index in [0.717, 1.165) is 11.5 Å². The van der Waals surface area contributed by atoms with E-state index in [-0.39, 0.29) is 12.4 Å². The van der Waals surface area contributed by atoms with Crippen LogP contribution in [0.25, 0.3) is 0 Å². The molecular formula is C20H21N3O4S2. The highest BCUT2D eigenvalue weighted by Crippen LogP contribution is 2.16. The molecule has 0 aliphatic heterocycles. The fraction of sp³-hybridized carbons (Fsp3) is 0.200. The number of carbonyl (C=O) groups is 2. The van der Waals surface area contributed by atoms with E-state index in [0.29, 0.717) is 18.1 Å². The summed E-state index contributed by atoms with van der Waals surface area (Å²) in [4.78, 5) is 25.1. The highest BCUT2D eigenvalue weighted by Gasteiger charge is 2.12. The molecule has 29 heavy (non-hydrogen) atoms. The Morgan fingerprint density at radius 3 is 2.69 bits per heavy atom. The lowest BCUT2D eigenvalue weighted by Gasteiger charge is -2.08. The largest absolute Gasteiger partial charge is 0.486 e. The Morgan fingerprint density at radius 1 is 1.03 bits per heavy atom. The van der Waals surface area contributed by atoms with Gasteiger partial charge in [-0.2, -0.15) is 11.8 Å². The van der Waals surface area contributed by atoms with Crippen LogP contribution in [-0.4, -0.2) is 24.2 Å². The molecule has 0 aliphatic rings. The minimum atomic E-state index is -0.543. The first kappa shape index (κ1) is 20.8. The van der Waals surface area contributed by atoms with Crippen LogP contribution in [0.15, 0.2) is 64.4 Å². The lowest BCUT2D eigenvalue weighted by molar-refractivity contribution is 0.0904. The molecular weight excluding hydrogens is 410 g/mol. The van der Waals surface area contributed by atoms with Crippen LogP contribution in [0.2, 0.25) is 0 Å². The van der Waals surface area contributed by atoms with E-state index < -0.39 is 11.9 Å². The number of hydrazine groups is 1. The third-order valence-corrected chi connectivity index (χ3v) is 5.72. The fourth-order valence-electron chi connectivity index (χ4n) is 2.27. The highest BCUT2D eigenvalue weighted by molar-refractivity contribution is 7.98. The van der Waals surface area contributed by atoms with E-state index in [2.05, 4.69) is 22.2 Å². The molecule has 3 N–H and O–H groups in total. The molecule has 0 unspecified atom stereocenters. The van der Waals surface area contributed by atoms with Crippen LogP contribution in [0.5, 0.6) is 5.75 Å². The van der Waals surface area contributed by atoms with E-state index in [1.165, 1.54) is 10.9 Å². The van der Waals surface area contributed by atoms with Gasteiger partial charge in [-0.15, -0.1) is 11.3 Å². The van der Waals surface area contributed by atoms with Gasteiger partial charge >= 0.3 is 11.9 Å². The van der Waals surface area contributed by atoms with Gasteiger partial charge in [0.25, 0.3) is 0 Å². The molecule has 3 aromatic rings. The Bertz CT molecular complexity index is 898. The van der Waals surface area contributed by atoms with Gasteiger partial charge in [-0.05, 0) is 35.7 Å². The zero-order valence-electron chi connectivity index (χ0n) is 15.6. The van der Waals surface area contributed by atoms with Gasteiger partial charge in [-0.3, -0.25) is 10.2 Å². The predicted octanol–water partition coefficient (Wildman–Crippen LogP) is 3.80. The van der Waals surface area contributed by atoms with E-state index in [1.807, 2.05) is 41.8 Å². The molecule has 0 spiro atoms. The Hall–Kier alpha value is -2.91. The summed E-state index contributed by atoms with van der Waals surface area (Å²) in [7, 11) is 0. The molecule has 0 radical (unpaired) electrons. The maximum Gasteiger partial charge on any atom is 0.333 e. The maximum atomic E-state index is 12.1. The monoisotopic (exact) mass is 431 g/mol. The summed E-state index contributed by atoms with van der Waals surface area (Å²) in [5, 5.41) is 4.72. The average Bonchev–Trinajstić information content (AvgIpc) is 3.43. The maximum absolute atomic E-state index is 12.1. The summed E-state index contributed by atoms with van der Waals surface area (Å²) in [6.07, 6.45) is 0. The van der Waals surface area contributed by atoms with Gasteiger partial charge < -0.3 is 14.5 Å². The number of benzene rings is 1. The number of hydrogen-bond donors (Lipinski definition) is 3. The molecule has 7 nitrogen and oxygen atoms in total. The molecule has 0 saturated carbocycles. The molecule has 0 aliphatic carbocycles. The number of furan rings is 1. The first-order valence-electron chi connectivity index (χ1n) is 8.91. The molecule has 1 aromatic carbocycles. The van der Waals surface area contributed by atoms with Gasteiger partial charge in [-0.25, -0.2) is 10.2 Å². The first-order chi connectivity index (χ1) is 14.2. The lowest BCUT2D eigenvalue weighted by Crippen LogP contribution is -2.47. The van der Waals surface area contributed by atoms with Crippen molar-refractivity contribution >= 4 is 35.0 Å². The molecule has 9 heteroatoms. The number of rotatable bonds is 9. The lowest BCUT2D eigenvalue weighted by atomic mass is 10.3. The van der Waals surface area contributed by atoms with Gasteiger partial charge in [0.15, 0.2) is 5.76 Å². The highest BCUT2D eigenvalue weighted by atomic mass is 32.2. The molecule has 0 saturated heterocycles. The second-order valence-electron chi connectivity index (χ2n) is 5.83. The zero-order chi connectivity index (χ0) is 20.3. The number of ether oxygens (including phenoxy) is 1. The summed E-state index contributed by atoms with van der Waals surface area (Å²) in [6.45, 7) is 0.702. The molecule has 3 amide bonds. The zero-order valence-corrected chi connectivity index (χ0v) is 17.2. The van der Waals surface area contributed by atoms with Crippen LogP contribution < -0.4 is 20.9 Å². The summed E-state index contributed by atoms with van der Waals surface area (Å²) < 4.78 is 11.0. The first-order valence-corrected chi connectivity index (χ1v) is 10.9. The van der Waals surface area contributed by atoms with Crippen molar-refractivity contribution in [3.8, 4) is 5.75 Å². The number of hydrogen-bond acceptors (Lipinski definition) is 6. The summed E-state index contributed by atoms with van der Waals surface area (Å²) in [6, 6.07) is 16.1. The number of thiophene rings is 1. The van der Waals surface area contributed by atoms with Gasteiger partial charge in [0.05, 0.1) is 0 Å². The molecule has 0 atom stereocenters. The van der Waals surface area contributed by atoms with Crippen molar-refractivity contribution in [1.29, 1.82) is 0 Å². The summed E-state index contributed by atoms with van der Waals surface area (Å²) in [5.74, 6) is 2.46. The van der Waals surface area contributed by atoms with Crippen molar-refractivity contribution < 1.29 is 18.7 Å². The predicted molar refractivity (Wildman–Crippen MR) is 114 cm³/mol. The van der Waals surface area contributed by atoms with E-state index in [9.17, 15) is 9.59 Å². The number of amides is 3. The normalized spacial score (nSPS) is 10.3. The molecule has 2 heterocycles. The number of para-hydroxylation sites is 1. The Labute approximate surface area is 176 Å². The van der Waals surface area contributed by atoms with Gasteiger partial charge in [0.1, 0.15) is 18.1 Å². The van der Waals surface area contributed by atoms with Crippen molar-refractivity contribution in [2.75, 3.05) is 12.3 Å². The molecule has 152 valence electrons. The van der Waals surface area contributed by atoms with Gasteiger partial charge in [-0.1, -0.05) is 24.3 Å².